The summed E-state index contributed by atoms with van der Waals surface area (Å²) in [5.74, 6) is 1.82. The number of fused-ring (bicyclic) bond motifs is 1. The smallest absolute Gasteiger partial charge is 0.165 e. The summed E-state index contributed by atoms with van der Waals surface area (Å²) < 4.78 is 13.6. The van der Waals surface area contributed by atoms with E-state index in [0.717, 1.165) is 62.0 Å². The van der Waals surface area contributed by atoms with Gasteiger partial charge in [0.2, 0.25) is 0 Å². The zero-order valence-electron chi connectivity index (χ0n) is 14.7. The predicted molar refractivity (Wildman–Crippen MR) is 102 cm³/mol. The fourth-order valence-corrected chi connectivity index (χ4v) is 3.57. The van der Waals surface area contributed by atoms with Crippen molar-refractivity contribution in [2.45, 2.75) is 13.1 Å². The zero-order chi connectivity index (χ0) is 17.8. The van der Waals surface area contributed by atoms with Gasteiger partial charge in [0.25, 0.3) is 0 Å². The third-order valence-corrected chi connectivity index (χ3v) is 5.06. The molecule has 1 aliphatic rings. The highest BCUT2D eigenvalue weighted by molar-refractivity contribution is 6.32. The molecule has 3 aromatic rings. The Hall–Kier alpha value is -2.08. The van der Waals surface area contributed by atoms with Crippen LogP contribution in [0.5, 0.6) is 5.75 Å². The molecule has 0 radical (unpaired) electrons. The lowest BCUT2D eigenvalue weighted by molar-refractivity contribution is -0.922. The van der Waals surface area contributed by atoms with Gasteiger partial charge in [-0.15, -0.1) is 0 Å². The molecule has 1 fully saturated rings. The summed E-state index contributed by atoms with van der Waals surface area (Å²) >= 11 is 6.18. The molecule has 1 N–H and O–H groups in total. The summed E-state index contributed by atoms with van der Waals surface area (Å²) in [6, 6.07) is 15.9. The minimum absolute atomic E-state index is 0.551. The van der Waals surface area contributed by atoms with Gasteiger partial charge >= 0.3 is 0 Å². The van der Waals surface area contributed by atoms with E-state index < -0.39 is 0 Å². The monoisotopic (exact) mass is 372 g/mol. The number of quaternary nitrogens is 1. The fourth-order valence-electron chi connectivity index (χ4n) is 3.38. The maximum Gasteiger partial charge on any atom is 0.165 e. The maximum absolute atomic E-state index is 6.18. The standard InChI is InChI=1S/C20H22ClN3O2/c21-16-5-1-4-8-19(16)26-14-11-24-18-7-3-2-6-17(18)22-20(24)15-23-9-12-25-13-10-23/h1-8H,9-15H2/p+1. The van der Waals surface area contributed by atoms with E-state index in [9.17, 15) is 0 Å². The molecule has 4 rings (SSSR count). The Bertz CT molecular complexity index is 874. The van der Waals surface area contributed by atoms with Gasteiger partial charge in [-0.05, 0) is 24.3 Å². The highest BCUT2D eigenvalue weighted by Crippen LogP contribution is 2.23. The second-order valence-corrected chi connectivity index (χ2v) is 6.89. The van der Waals surface area contributed by atoms with Crippen LogP contribution in [0.1, 0.15) is 5.82 Å². The molecule has 2 heterocycles. The van der Waals surface area contributed by atoms with E-state index >= 15 is 0 Å². The van der Waals surface area contributed by atoms with Crippen LogP contribution in [0.15, 0.2) is 48.5 Å². The van der Waals surface area contributed by atoms with E-state index in [1.165, 1.54) is 4.90 Å². The molecule has 136 valence electrons. The molecular formula is C20H23ClN3O2+. The first-order chi connectivity index (χ1) is 12.8. The van der Waals surface area contributed by atoms with Gasteiger partial charge in [0, 0.05) is 0 Å². The first kappa shape index (κ1) is 17.3. The number of nitrogens with zero attached hydrogens (tertiary/aromatic N) is 2. The first-order valence-corrected chi connectivity index (χ1v) is 9.42. The van der Waals surface area contributed by atoms with Gasteiger partial charge in [-0.1, -0.05) is 35.9 Å². The molecular weight excluding hydrogens is 350 g/mol. The van der Waals surface area contributed by atoms with Gasteiger partial charge in [-0.3, -0.25) is 0 Å². The SMILES string of the molecule is Clc1ccccc1OCCn1c(C[NH+]2CCOCC2)nc2ccccc21. The maximum atomic E-state index is 6.18. The van der Waals surface area contributed by atoms with Crippen LogP contribution in [0, 0.1) is 0 Å². The number of imidazole rings is 1. The average molecular weight is 373 g/mol. The summed E-state index contributed by atoms with van der Waals surface area (Å²) in [4.78, 5) is 6.38. The normalized spacial score (nSPS) is 15.4. The van der Waals surface area contributed by atoms with Crippen molar-refractivity contribution in [3.8, 4) is 5.75 Å². The second kappa shape index (κ2) is 8.08. The van der Waals surface area contributed by atoms with Gasteiger partial charge in [-0.2, -0.15) is 0 Å². The zero-order valence-corrected chi connectivity index (χ0v) is 15.4. The number of morpholine rings is 1. The molecule has 1 aliphatic heterocycles. The molecule has 0 unspecified atom stereocenters. The van der Waals surface area contributed by atoms with Gasteiger partial charge in [0.1, 0.15) is 32.0 Å². The number of para-hydroxylation sites is 3. The molecule has 26 heavy (non-hydrogen) atoms. The highest BCUT2D eigenvalue weighted by atomic mass is 35.5. The molecule has 1 aromatic heterocycles. The number of hydrogen-bond donors (Lipinski definition) is 1. The highest BCUT2D eigenvalue weighted by Gasteiger charge is 2.19. The van der Waals surface area contributed by atoms with E-state index in [0.29, 0.717) is 11.6 Å². The molecule has 0 amide bonds. The number of aromatic nitrogens is 2. The summed E-state index contributed by atoms with van der Waals surface area (Å²) in [7, 11) is 0. The lowest BCUT2D eigenvalue weighted by Crippen LogP contribution is -3.12. The molecule has 0 aliphatic carbocycles. The minimum Gasteiger partial charge on any atom is -0.490 e. The van der Waals surface area contributed by atoms with E-state index in [4.69, 9.17) is 26.1 Å². The van der Waals surface area contributed by atoms with E-state index in [1.807, 2.05) is 30.3 Å². The fraction of sp³-hybridized carbons (Fsp3) is 0.350. The van der Waals surface area contributed by atoms with Crippen LogP contribution in [0.2, 0.25) is 5.02 Å². The number of rotatable bonds is 6. The third-order valence-electron chi connectivity index (χ3n) is 4.75. The first-order valence-electron chi connectivity index (χ1n) is 9.04. The van der Waals surface area contributed by atoms with Crippen LogP contribution in [-0.2, 0) is 17.8 Å². The van der Waals surface area contributed by atoms with E-state index in [2.05, 4.69) is 22.8 Å². The molecule has 1 saturated heterocycles. The molecule has 0 atom stereocenters. The quantitative estimate of drug-likeness (QED) is 0.721. The van der Waals surface area contributed by atoms with Crippen molar-refractivity contribution in [1.29, 1.82) is 0 Å². The van der Waals surface area contributed by atoms with Crippen molar-refractivity contribution in [3.63, 3.8) is 0 Å². The van der Waals surface area contributed by atoms with Crippen molar-refractivity contribution < 1.29 is 14.4 Å². The molecule has 5 nitrogen and oxygen atoms in total. The number of halogens is 1. The largest absolute Gasteiger partial charge is 0.490 e. The van der Waals surface area contributed by atoms with Crippen LogP contribution in [0.3, 0.4) is 0 Å². The lowest BCUT2D eigenvalue weighted by atomic mass is 10.3. The average Bonchev–Trinajstić information content (AvgIpc) is 3.01. The van der Waals surface area contributed by atoms with Gasteiger partial charge < -0.3 is 18.9 Å². The Kier molecular flexibility index (Phi) is 5.39. The van der Waals surface area contributed by atoms with Crippen LogP contribution in [0.25, 0.3) is 11.0 Å². The third kappa shape index (κ3) is 3.85. The van der Waals surface area contributed by atoms with Crippen LogP contribution in [0.4, 0.5) is 0 Å². The van der Waals surface area contributed by atoms with Crippen molar-refractivity contribution in [1.82, 2.24) is 9.55 Å². The Labute approximate surface area is 158 Å². The number of benzene rings is 2. The Morgan fingerprint density at radius 2 is 1.85 bits per heavy atom. The van der Waals surface area contributed by atoms with E-state index in [-0.39, 0.29) is 0 Å². The number of ether oxygens (including phenoxy) is 2. The summed E-state index contributed by atoms with van der Waals surface area (Å²) in [5, 5.41) is 0.640. The van der Waals surface area contributed by atoms with Crippen molar-refractivity contribution >= 4 is 22.6 Å². The van der Waals surface area contributed by atoms with Crippen molar-refractivity contribution in [2.75, 3.05) is 32.9 Å². The Balaban J connectivity index is 1.52. The summed E-state index contributed by atoms with van der Waals surface area (Å²) in [5.41, 5.74) is 2.19. The topological polar surface area (TPSA) is 40.7 Å². The molecule has 0 spiro atoms. The van der Waals surface area contributed by atoms with Crippen molar-refractivity contribution in [3.05, 3.63) is 59.4 Å². The van der Waals surface area contributed by atoms with Gasteiger partial charge in [-0.25, -0.2) is 4.98 Å². The Morgan fingerprint density at radius 3 is 2.69 bits per heavy atom. The molecule has 0 saturated carbocycles. The molecule has 2 aromatic carbocycles. The second-order valence-electron chi connectivity index (χ2n) is 6.49. The summed E-state index contributed by atoms with van der Waals surface area (Å²) in [6.45, 7) is 5.90. The van der Waals surface area contributed by atoms with Crippen molar-refractivity contribution in [2.24, 2.45) is 0 Å². The minimum atomic E-state index is 0.551. The lowest BCUT2D eigenvalue weighted by Gasteiger charge is -2.23. The predicted octanol–water partition coefficient (Wildman–Crippen LogP) is 2.18. The Morgan fingerprint density at radius 1 is 1.08 bits per heavy atom. The van der Waals surface area contributed by atoms with Gasteiger partial charge in [0.05, 0.1) is 35.8 Å². The van der Waals surface area contributed by atoms with Gasteiger partial charge in [0.15, 0.2) is 5.82 Å². The van der Waals surface area contributed by atoms with E-state index in [1.54, 1.807) is 0 Å². The number of hydrogen-bond acceptors (Lipinski definition) is 3. The van der Waals surface area contributed by atoms with Crippen LogP contribution in [-0.4, -0.2) is 42.5 Å². The van der Waals surface area contributed by atoms with Crippen LogP contribution >= 0.6 is 11.6 Å². The summed E-state index contributed by atoms with van der Waals surface area (Å²) in [6.07, 6.45) is 0. The molecule has 6 heteroatoms. The molecule has 0 bridgehead atoms. The number of nitrogens with one attached hydrogen (secondary N) is 1. The van der Waals surface area contributed by atoms with Crippen LogP contribution < -0.4 is 9.64 Å².